The molecular formula is C17H17N5OS. The number of carbonyl (C=O) groups excluding carboxylic acids is 1. The Morgan fingerprint density at radius 2 is 1.67 bits per heavy atom. The summed E-state index contributed by atoms with van der Waals surface area (Å²) in [6.07, 6.45) is 14.4. The number of ketones is 1. The molecule has 0 N–H and O–H groups in total. The summed E-state index contributed by atoms with van der Waals surface area (Å²) < 4.78 is 3.44. The molecule has 122 valence electrons. The topological polar surface area (TPSA) is 65.6 Å². The Labute approximate surface area is 143 Å². The summed E-state index contributed by atoms with van der Waals surface area (Å²) in [6.45, 7) is 1.85. The number of thiazole rings is 1. The van der Waals surface area contributed by atoms with Crippen LogP contribution in [0.4, 0.5) is 0 Å². The Morgan fingerprint density at radius 3 is 2.25 bits per heavy atom. The highest BCUT2D eigenvalue weighted by Crippen LogP contribution is 2.21. The lowest BCUT2D eigenvalue weighted by Crippen LogP contribution is -1.92. The van der Waals surface area contributed by atoms with Gasteiger partial charge in [-0.1, -0.05) is 0 Å². The standard InChI is InChI=1S/C17H17N5OS/c1-12-17(15(23)6-4-13-8-18-21(2)10-13)24-16(20-12)7-5-14-9-19-22(3)11-14/h4-11H,1-3H3/b6-4+,7-5-. The number of aryl methyl sites for hydroxylation is 3. The van der Waals surface area contributed by atoms with Crippen molar-refractivity contribution in [3.05, 3.63) is 57.6 Å². The fraction of sp³-hybridized carbons (Fsp3) is 0.176. The lowest BCUT2D eigenvalue weighted by atomic mass is 10.2. The SMILES string of the molecule is Cc1nc(/C=C\c2cnn(C)c2)sc1C(=O)/C=C/c1cnn(C)c1. The van der Waals surface area contributed by atoms with Gasteiger partial charge < -0.3 is 0 Å². The van der Waals surface area contributed by atoms with Crippen LogP contribution in [0.15, 0.2) is 30.9 Å². The van der Waals surface area contributed by atoms with E-state index in [2.05, 4.69) is 15.2 Å². The first-order chi connectivity index (χ1) is 11.5. The van der Waals surface area contributed by atoms with Crippen LogP contribution in [0.3, 0.4) is 0 Å². The number of aromatic nitrogens is 5. The third-order valence-corrected chi connectivity index (χ3v) is 4.47. The number of nitrogens with zero attached hydrogens (tertiary/aromatic N) is 5. The first kappa shape index (κ1) is 16.1. The average molecular weight is 339 g/mol. The summed E-state index contributed by atoms with van der Waals surface area (Å²) in [7, 11) is 3.71. The summed E-state index contributed by atoms with van der Waals surface area (Å²) >= 11 is 1.39. The second-order valence-electron chi connectivity index (χ2n) is 5.39. The molecule has 3 aromatic rings. The number of allylic oxidation sites excluding steroid dienone is 1. The predicted octanol–water partition coefficient (Wildman–Crippen LogP) is 2.99. The van der Waals surface area contributed by atoms with Gasteiger partial charge in [-0.15, -0.1) is 11.3 Å². The summed E-state index contributed by atoms with van der Waals surface area (Å²) in [6, 6.07) is 0. The molecular weight excluding hydrogens is 322 g/mol. The van der Waals surface area contributed by atoms with Crippen LogP contribution in [-0.4, -0.2) is 30.3 Å². The van der Waals surface area contributed by atoms with Crippen molar-refractivity contribution in [3.63, 3.8) is 0 Å². The van der Waals surface area contributed by atoms with Crippen LogP contribution in [0.25, 0.3) is 18.2 Å². The molecule has 0 saturated carbocycles. The first-order valence-electron chi connectivity index (χ1n) is 7.36. The van der Waals surface area contributed by atoms with Gasteiger partial charge in [0, 0.05) is 37.6 Å². The van der Waals surface area contributed by atoms with Crippen LogP contribution in [0.2, 0.25) is 0 Å². The minimum Gasteiger partial charge on any atom is -0.288 e. The zero-order chi connectivity index (χ0) is 17.1. The second-order valence-corrected chi connectivity index (χ2v) is 6.42. The molecule has 0 aliphatic heterocycles. The highest BCUT2D eigenvalue weighted by molar-refractivity contribution is 7.14. The minimum absolute atomic E-state index is 0.0464. The van der Waals surface area contributed by atoms with E-state index in [9.17, 15) is 4.79 Å². The summed E-state index contributed by atoms with van der Waals surface area (Å²) in [5.41, 5.74) is 2.63. The van der Waals surface area contributed by atoms with Gasteiger partial charge in [-0.25, -0.2) is 4.98 Å². The van der Waals surface area contributed by atoms with E-state index >= 15 is 0 Å². The second kappa shape index (κ2) is 6.76. The molecule has 0 amide bonds. The normalized spacial score (nSPS) is 11.8. The first-order valence-corrected chi connectivity index (χ1v) is 8.18. The van der Waals surface area contributed by atoms with Crippen molar-refractivity contribution in [2.45, 2.75) is 6.92 Å². The van der Waals surface area contributed by atoms with Crippen molar-refractivity contribution in [1.29, 1.82) is 0 Å². The van der Waals surface area contributed by atoms with Gasteiger partial charge in [-0.3, -0.25) is 14.2 Å². The Hall–Kier alpha value is -2.80. The zero-order valence-electron chi connectivity index (χ0n) is 13.7. The molecule has 7 heteroatoms. The van der Waals surface area contributed by atoms with Gasteiger partial charge in [0.2, 0.25) is 0 Å². The maximum absolute atomic E-state index is 12.4. The zero-order valence-corrected chi connectivity index (χ0v) is 14.5. The molecule has 0 fully saturated rings. The van der Waals surface area contributed by atoms with Crippen LogP contribution in [-0.2, 0) is 14.1 Å². The largest absolute Gasteiger partial charge is 0.288 e. The van der Waals surface area contributed by atoms with Crippen molar-refractivity contribution in [3.8, 4) is 0 Å². The van der Waals surface area contributed by atoms with Gasteiger partial charge in [0.25, 0.3) is 0 Å². The molecule has 0 unspecified atom stereocenters. The van der Waals surface area contributed by atoms with Crippen LogP contribution in [0.1, 0.15) is 31.5 Å². The third kappa shape index (κ3) is 3.75. The number of hydrogen-bond acceptors (Lipinski definition) is 5. The van der Waals surface area contributed by atoms with E-state index in [0.717, 1.165) is 21.8 Å². The number of carbonyl (C=O) groups is 1. The molecule has 0 saturated heterocycles. The van der Waals surface area contributed by atoms with Crippen molar-refractivity contribution < 1.29 is 4.79 Å². The van der Waals surface area contributed by atoms with E-state index in [1.54, 1.807) is 33.9 Å². The molecule has 6 nitrogen and oxygen atoms in total. The molecule has 0 aliphatic carbocycles. The van der Waals surface area contributed by atoms with E-state index in [1.165, 1.54) is 11.3 Å². The Bertz CT molecular complexity index is 929. The Balaban J connectivity index is 1.74. The van der Waals surface area contributed by atoms with E-state index in [1.807, 2.05) is 45.6 Å². The van der Waals surface area contributed by atoms with E-state index in [0.29, 0.717) is 4.88 Å². The Kier molecular flexibility index (Phi) is 4.52. The summed E-state index contributed by atoms with van der Waals surface area (Å²) in [4.78, 5) is 17.5. The minimum atomic E-state index is -0.0464. The van der Waals surface area contributed by atoms with Gasteiger partial charge in [0.05, 0.1) is 23.0 Å². The molecule has 3 aromatic heterocycles. The summed E-state index contributed by atoms with van der Waals surface area (Å²) in [5, 5.41) is 8.99. The maximum atomic E-state index is 12.4. The van der Waals surface area contributed by atoms with E-state index < -0.39 is 0 Å². The molecule has 3 rings (SSSR count). The quantitative estimate of drug-likeness (QED) is 0.529. The van der Waals surface area contributed by atoms with Gasteiger partial charge in [-0.05, 0) is 31.2 Å². The lowest BCUT2D eigenvalue weighted by Gasteiger charge is -1.90. The van der Waals surface area contributed by atoms with Crippen LogP contribution < -0.4 is 0 Å². The highest BCUT2D eigenvalue weighted by atomic mass is 32.1. The van der Waals surface area contributed by atoms with Crippen LogP contribution in [0.5, 0.6) is 0 Å². The van der Waals surface area contributed by atoms with Gasteiger partial charge in [-0.2, -0.15) is 10.2 Å². The van der Waals surface area contributed by atoms with Crippen molar-refractivity contribution in [2.24, 2.45) is 14.1 Å². The lowest BCUT2D eigenvalue weighted by molar-refractivity contribution is 0.105. The molecule has 0 atom stereocenters. The molecule has 3 heterocycles. The number of hydrogen-bond donors (Lipinski definition) is 0. The highest BCUT2D eigenvalue weighted by Gasteiger charge is 2.11. The van der Waals surface area contributed by atoms with Crippen molar-refractivity contribution >= 4 is 35.3 Å². The smallest absolute Gasteiger partial charge is 0.197 e. The number of rotatable bonds is 5. The molecule has 0 spiro atoms. The van der Waals surface area contributed by atoms with E-state index in [4.69, 9.17) is 0 Å². The third-order valence-electron chi connectivity index (χ3n) is 3.33. The predicted molar refractivity (Wildman–Crippen MR) is 95.6 cm³/mol. The van der Waals surface area contributed by atoms with Gasteiger partial charge in [0.15, 0.2) is 5.78 Å². The molecule has 0 bridgehead atoms. The average Bonchev–Trinajstić information content (AvgIpc) is 3.24. The monoisotopic (exact) mass is 339 g/mol. The maximum Gasteiger partial charge on any atom is 0.197 e. The van der Waals surface area contributed by atoms with Gasteiger partial charge >= 0.3 is 0 Å². The Morgan fingerprint density at radius 1 is 1.04 bits per heavy atom. The van der Waals surface area contributed by atoms with Crippen LogP contribution in [0, 0.1) is 6.92 Å². The van der Waals surface area contributed by atoms with Crippen LogP contribution >= 0.6 is 11.3 Å². The summed E-state index contributed by atoms with van der Waals surface area (Å²) in [5.74, 6) is -0.0464. The molecule has 0 aliphatic rings. The fourth-order valence-corrected chi connectivity index (χ4v) is 3.07. The fourth-order valence-electron chi connectivity index (χ4n) is 2.18. The molecule has 24 heavy (non-hydrogen) atoms. The molecule has 0 radical (unpaired) electrons. The molecule has 0 aromatic carbocycles. The van der Waals surface area contributed by atoms with Gasteiger partial charge in [0.1, 0.15) is 5.01 Å². The van der Waals surface area contributed by atoms with Crippen molar-refractivity contribution in [1.82, 2.24) is 24.5 Å². The van der Waals surface area contributed by atoms with E-state index in [-0.39, 0.29) is 5.78 Å². The van der Waals surface area contributed by atoms with Crippen molar-refractivity contribution in [2.75, 3.05) is 0 Å².